The molecule has 94 valence electrons. The van der Waals surface area contributed by atoms with Gasteiger partial charge in [0.1, 0.15) is 5.82 Å². The molecule has 0 fully saturated rings. The van der Waals surface area contributed by atoms with Crippen LogP contribution in [-0.4, -0.2) is 0 Å². The van der Waals surface area contributed by atoms with Crippen molar-refractivity contribution in [2.75, 3.05) is 5.32 Å². The van der Waals surface area contributed by atoms with Gasteiger partial charge in [-0.2, -0.15) is 0 Å². The Hall–Kier alpha value is -1.83. The van der Waals surface area contributed by atoms with E-state index in [-0.39, 0.29) is 11.9 Å². The first-order valence-electron chi connectivity index (χ1n) is 6.30. The second-order valence-electron chi connectivity index (χ2n) is 4.47. The van der Waals surface area contributed by atoms with E-state index < -0.39 is 0 Å². The van der Waals surface area contributed by atoms with E-state index in [0.717, 1.165) is 17.7 Å². The largest absolute Gasteiger partial charge is 0.379 e. The average Bonchev–Trinajstić information content (AvgIpc) is 2.39. The first-order chi connectivity index (χ1) is 8.69. The van der Waals surface area contributed by atoms with Gasteiger partial charge in [-0.05, 0) is 48.7 Å². The highest BCUT2D eigenvalue weighted by atomic mass is 19.1. The van der Waals surface area contributed by atoms with Gasteiger partial charge in [-0.1, -0.05) is 31.2 Å². The van der Waals surface area contributed by atoms with Crippen LogP contribution in [0.1, 0.15) is 31.0 Å². The Morgan fingerprint density at radius 1 is 1.11 bits per heavy atom. The summed E-state index contributed by atoms with van der Waals surface area (Å²) in [5.41, 5.74) is 3.33. The van der Waals surface area contributed by atoms with Gasteiger partial charge in [-0.3, -0.25) is 0 Å². The van der Waals surface area contributed by atoms with Crippen LogP contribution in [0.5, 0.6) is 0 Å². The molecule has 1 atom stereocenters. The molecule has 0 spiro atoms. The number of hydrogen-bond donors (Lipinski definition) is 1. The number of hydrogen-bond acceptors (Lipinski definition) is 1. The molecular formula is C16H18FN. The summed E-state index contributed by atoms with van der Waals surface area (Å²) in [5.74, 6) is -0.192. The standard InChI is InChI=1S/C16H18FN/c1-3-13-7-9-16(10-8-13)18-12(2)14-5-4-6-15(17)11-14/h4-12,18H,3H2,1-2H3. The van der Waals surface area contributed by atoms with Crippen LogP contribution in [0.3, 0.4) is 0 Å². The first kappa shape index (κ1) is 12.6. The van der Waals surface area contributed by atoms with Crippen molar-refractivity contribution >= 4 is 5.69 Å². The number of halogens is 1. The summed E-state index contributed by atoms with van der Waals surface area (Å²) >= 11 is 0. The zero-order valence-corrected chi connectivity index (χ0v) is 10.8. The van der Waals surface area contributed by atoms with E-state index in [9.17, 15) is 4.39 Å². The van der Waals surface area contributed by atoms with Crippen molar-refractivity contribution in [2.24, 2.45) is 0 Å². The summed E-state index contributed by atoms with van der Waals surface area (Å²) in [4.78, 5) is 0. The maximum absolute atomic E-state index is 13.1. The molecule has 0 bridgehead atoms. The molecule has 2 heteroatoms. The predicted octanol–water partition coefficient (Wildman–Crippen LogP) is 4.56. The maximum atomic E-state index is 13.1. The van der Waals surface area contributed by atoms with Crippen molar-refractivity contribution in [3.63, 3.8) is 0 Å². The van der Waals surface area contributed by atoms with Crippen LogP contribution in [0.15, 0.2) is 48.5 Å². The molecule has 0 aromatic heterocycles. The molecule has 18 heavy (non-hydrogen) atoms. The number of nitrogens with one attached hydrogen (secondary N) is 1. The maximum Gasteiger partial charge on any atom is 0.123 e. The Labute approximate surface area is 108 Å². The Balaban J connectivity index is 2.08. The molecule has 0 aliphatic rings. The van der Waals surface area contributed by atoms with E-state index in [1.165, 1.54) is 11.6 Å². The Kier molecular flexibility index (Phi) is 3.98. The van der Waals surface area contributed by atoms with E-state index >= 15 is 0 Å². The molecular weight excluding hydrogens is 225 g/mol. The van der Waals surface area contributed by atoms with Crippen molar-refractivity contribution in [1.82, 2.24) is 0 Å². The lowest BCUT2D eigenvalue weighted by Gasteiger charge is -2.16. The molecule has 0 aliphatic carbocycles. The van der Waals surface area contributed by atoms with Gasteiger partial charge in [-0.15, -0.1) is 0 Å². The first-order valence-corrected chi connectivity index (χ1v) is 6.30. The van der Waals surface area contributed by atoms with Crippen LogP contribution in [0.4, 0.5) is 10.1 Å². The van der Waals surface area contributed by atoms with Gasteiger partial charge in [0.25, 0.3) is 0 Å². The topological polar surface area (TPSA) is 12.0 Å². The van der Waals surface area contributed by atoms with E-state index in [0.29, 0.717) is 0 Å². The molecule has 0 saturated heterocycles. The van der Waals surface area contributed by atoms with Gasteiger partial charge in [0.15, 0.2) is 0 Å². The lowest BCUT2D eigenvalue weighted by Crippen LogP contribution is -2.06. The zero-order valence-electron chi connectivity index (χ0n) is 10.8. The van der Waals surface area contributed by atoms with E-state index in [4.69, 9.17) is 0 Å². The third kappa shape index (κ3) is 3.10. The van der Waals surface area contributed by atoms with Crippen molar-refractivity contribution < 1.29 is 4.39 Å². The molecule has 0 amide bonds. The molecule has 0 aliphatic heterocycles. The van der Waals surface area contributed by atoms with Crippen molar-refractivity contribution in [2.45, 2.75) is 26.3 Å². The molecule has 0 radical (unpaired) electrons. The monoisotopic (exact) mass is 243 g/mol. The van der Waals surface area contributed by atoms with Gasteiger partial charge < -0.3 is 5.32 Å². The fraction of sp³-hybridized carbons (Fsp3) is 0.250. The van der Waals surface area contributed by atoms with Crippen molar-refractivity contribution in [3.8, 4) is 0 Å². The Morgan fingerprint density at radius 3 is 2.44 bits per heavy atom. The van der Waals surface area contributed by atoms with Gasteiger partial charge in [0.05, 0.1) is 0 Å². The second kappa shape index (κ2) is 5.67. The SMILES string of the molecule is CCc1ccc(NC(C)c2cccc(F)c2)cc1. The highest BCUT2D eigenvalue weighted by Crippen LogP contribution is 2.20. The fourth-order valence-corrected chi connectivity index (χ4v) is 1.95. The van der Waals surface area contributed by atoms with Gasteiger partial charge in [-0.25, -0.2) is 4.39 Å². The summed E-state index contributed by atoms with van der Waals surface area (Å²) in [6.07, 6.45) is 1.04. The molecule has 2 aromatic rings. The van der Waals surface area contributed by atoms with E-state index in [2.05, 4.69) is 36.5 Å². The van der Waals surface area contributed by atoms with Crippen LogP contribution in [0.25, 0.3) is 0 Å². The Bertz CT molecular complexity index is 505. The third-order valence-corrected chi connectivity index (χ3v) is 3.09. The molecule has 1 nitrogen and oxygen atoms in total. The van der Waals surface area contributed by atoms with Crippen LogP contribution in [-0.2, 0) is 6.42 Å². The normalized spacial score (nSPS) is 12.2. The van der Waals surface area contributed by atoms with Crippen LogP contribution >= 0.6 is 0 Å². The van der Waals surface area contributed by atoms with Gasteiger partial charge in [0.2, 0.25) is 0 Å². The molecule has 2 aromatic carbocycles. The summed E-state index contributed by atoms with van der Waals surface area (Å²) in [7, 11) is 0. The van der Waals surface area contributed by atoms with Crippen LogP contribution in [0, 0.1) is 5.82 Å². The summed E-state index contributed by atoms with van der Waals surface area (Å²) < 4.78 is 13.1. The molecule has 1 N–H and O–H groups in total. The average molecular weight is 243 g/mol. The number of anilines is 1. The van der Waals surface area contributed by atoms with E-state index in [1.54, 1.807) is 12.1 Å². The molecule has 1 unspecified atom stereocenters. The predicted molar refractivity (Wildman–Crippen MR) is 74.3 cm³/mol. The quantitative estimate of drug-likeness (QED) is 0.830. The minimum Gasteiger partial charge on any atom is -0.379 e. The smallest absolute Gasteiger partial charge is 0.123 e. The third-order valence-electron chi connectivity index (χ3n) is 3.09. The lowest BCUT2D eigenvalue weighted by molar-refractivity contribution is 0.623. The van der Waals surface area contributed by atoms with E-state index in [1.807, 2.05) is 13.0 Å². The minimum absolute atomic E-state index is 0.0909. The highest BCUT2D eigenvalue weighted by Gasteiger charge is 2.05. The summed E-state index contributed by atoms with van der Waals surface area (Å²) in [6, 6.07) is 15.1. The van der Waals surface area contributed by atoms with Gasteiger partial charge >= 0.3 is 0 Å². The molecule has 0 saturated carbocycles. The second-order valence-corrected chi connectivity index (χ2v) is 4.47. The molecule has 0 heterocycles. The number of benzene rings is 2. The fourth-order valence-electron chi connectivity index (χ4n) is 1.95. The van der Waals surface area contributed by atoms with Crippen LogP contribution in [0.2, 0.25) is 0 Å². The highest BCUT2D eigenvalue weighted by molar-refractivity contribution is 5.46. The number of aryl methyl sites for hydroxylation is 1. The minimum atomic E-state index is -0.192. The zero-order chi connectivity index (χ0) is 13.0. The number of rotatable bonds is 4. The summed E-state index contributed by atoms with van der Waals surface area (Å²) in [5, 5.41) is 3.37. The Morgan fingerprint density at radius 2 is 1.83 bits per heavy atom. The van der Waals surface area contributed by atoms with Gasteiger partial charge in [0, 0.05) is 11.7 Å². The van der Waals surface area contributed by atoms with Crippen molar-refractivity contribution in [1.29, 1.82) is 0 Å². The van der Waals surface area contributed by atoms with Crippen molar-refractivity contribution in [3.05, 3.63) is 65.5 Å². The lowest BCUT2D eigenvalue weighted by atomic mass is 10.1. The molecule has 2 rings (SSSR count). The summed E-state index contributed by atoms with van der Waals surface area (Å²) in [6.45, 7) is 4.17. The van der Waals surface area contributed by atoms with Crippen LogP contribution < -0.4 is 5.32 Å².